The predicted molar refractivity (Wildman–Crippen MR) is 97.3 cm³/mol. The standard InChI is InChI=1S/C19H24FN3O2/c1-4-14(2)12-22(3)19(25)21-17-6-5-11-23(18(17)24)13-15-7-9-16(20)10-8-15/h5-11,14H,4,12-13H2,1-3H3,(H,21,25)/t14-/m0/s1. The minimum atomic E-state index is -0.318. The normalized spacial score (nSPS) is 11.8. The van der Waals surface area contributed by atoms with Crippen LogP contribution in [0.2, 0.25) is 0 Å². The van der Waals surface area contributed by atoms with Gasteiger partial charge in [-0.1, -0.05) is 32.4 Å². The van der Waals surface area contributed by atoms with Crippen LogP contribution in [0.5, 0.6) is 0 Å². The Balaban J connectivity index is 2.11. The highest BCUT2D eigenvalue weighted by Crippen LogP contribution is 2.07. The highest BCUT2D eigenvalue weighted by atomic mass is 19.1. The third-order valence-electron chi connectivity index (χ3n) is 4.16. The molecule has 134 valence electrons. The molecule has 0 aliphatic carbocycles. The molecular formula is C19H24FN3O2. The maximum Gasteiger partial charge on any atom is 0.321 e. The smallest absolute Gasteiger partial charge is 0.321 e. The number of halogens is 1. The molecule has 0 spiro atoms. The first-order valence-electron chi connectivity index (χ1n) is 8.36. The Morgan fingerprint density at radius 1 is 1.28 bits per heavy atom. The van der Waals surface area contributed by atoms with Crippen LogP contribution in [0.3, 0.4) is 0 Å². The summed E-state index contributed by atoms with van der Waals surface area (Å²) in [6, 6.07) is 8.95. The minimum absolute atomic E-state index is 0.227. The lowest BCUT2D eigenvalue weighted by atomic mass is 10.1. The molecule has 1 atom stereocenters. The summed E-state index contributed by atoms with van der Waals surface area (Å²) in [4.78, 5) is 26.4. The lowest BCUT2D eigenvalue weighted by Crippen LogP contribution is -2.36. The maximum atomic E-state index is 13.0. The number of carbonyl (C=O) groups is 1. The molecule has 1 heterocycles. The quantitative estimate of drug-likeness (QED) is 0.870. The van der Waals surface area contributed by atoms with E-state index in [1.165, 1.54) is 16.7 Å². The van der Waals surface area contributed by atoms with E-state index in [1.54, 1.807) is 42.4 Å². The molecule has 0 unspecified atom stereocenters. The number of hydrogen-bond acceptors (Lipinski definition) is 2. The van der Waals surface area contributed by atoms with Crippen LogP contribution in [0, 0.1) is 11.7 Å². The van der Waals surface area contributed by atoms with E-state index in [2.05, 4.69) is 19.2 Å². The van der Waals surface area contributed by atoms with E-state index in [0.29, 0.717) is 19.0 Å². The van der Waals surface area contributed by atoms with Gasteiger partial charge in [-0.3, -0.25) is 4.79 Å². The van der Waals surface area contributed by atoms with E-state index in [-0.39, 0.29) is 23.1 Å². The molecule has 2 aromatic rings. The molecule has 0 aliphatic rings. The zero-order valence-electron chi connectivity index (χ0n) is 14.8. The van der Waals surface area contributed by atoms with Crippen LogP contribution in [-0.2, 0) is 6.54 Å². The van der Waals surface area contributed by atoms with Gasteiger partial charge in [0.15, 0.2) is 0 Å². The van der Waals surface area contributed by atoms with Gasteiger partial charge in [0, 0.05) is 19.8 Å². The Morgan fingerprint density at radius 3 is 2.60 bits per heavy atom. The van der Waals surface area contributed by atoms with Gasteiger partial charge >= 0.3 is 6.03 Å². The van der Waals surface area contributed by atoms with E-state index in [4.69, 9.17) is 0 Å². The molecule has 0 bridgehead atoms. The molecule has 0 aliphatic heterocycles. The highest BCUT2D eigenvalue weighted by Gasteiger charge is 2.13. The summed E-state index contributed by atoms with van der Waals surface area (Å²) in [5.74, 6) is 0.0723. The van der Waals surface area contributed by atoms with Gasteiger partial charge in [-0.25, -0.2) is 9.18 Å². The zero-order valence-corrected chi connectivity index (χ0v) is 14.8. The first-order chi connectivity index (χ1) is 11.9. The molecule has 2 amide bonds. The second-order valence-corrected chi connectivity index (χ2v) is 6.31. The summed E-state index contributed by atoms with van der Waals surface area (Å²) in [5.41, 5.74) is 0.739. The fourth-order valence-corrected chi connectivity index (χ4v) is 2.43. The summed E-state index contributed by atoms with van der Waals surface area (Å²) >= 11 is 0. The lowest BCUT2D eigenvalue weighted by Gasteiger charge is -2.21. The Kier molecular flexibility index (Phi) is 6.33. The van der Waals surface area contributed by atoms with Crippen LogP contribution >= 0.6 is 0 Å². The lowest BCUT2D eigenvalue weighted by molar-refractivity contribution is 0.215. The number of aromatic nitrogens is 1. The fraction of sp³-hybridized carbons (Fsp3) is 0.368. The second-order valence-electron chi connectivity index (χ2n) is 6.31. The monoisotopic (exact) mass is 345 g/mol. The van der Waals surface area contributed by atoms with Crippen LogP contribution in [0.4, 0.5) is 14.9 Å². The number of benzene rings is 1. The SMILES string of the molecule is CC[C@H](C)CN(C)C(=O)Nc1cccn(Cc2ccc(F)cc2)c1=O. The number of nitrogens with one attached hydrogen (secondary N) is 1. The van der Waals surface area contributed by atoms with Gasteiger partial charge in [0.25, 0.3) is 5.56 Å². The average Bonchev–Trinajstić information content (AvgIpc) is 2.60. The molecule has 0 saturated carbocycles. The third-order valence-corrected chi connectivity index (χ3v) is 4.16. The van der Waals surface area contributed by atoms with Gasteiger partial charge in [-0.15, -0.1) is 0 Å². The largest absolute Gasteiger partial charge is 0.327 e. The predicted octanol–water partition coefficient (Wildman–Crippen LogP) is 3.55. The van der Waals surface area contributed by atoms with Crippen molar-refractivity contribution in [1.29, 1.82) is 0 Å². The summed E-state index contributed by atoms with van der Waals surface area (Å²) in [6.07, 6.45) is 2.62. The molecule has 0 saturated heterocycles. The Labute approximate surface area is 147 Å². The van der Waals surface area contributed by atoms with Gasteiger partial charge in [-0.2, -0.15) is 0 Å². The first-order valence-corrected chi connectivity index (χ1v) is 8.36. The van der Waals surface area contributed by atoms with E-state index in [9.17, 15) is 14.0 Å². The van der Waals surface area contributed by atoms with Crippen molar-refractivity contribution < 1.29 is 9.18 Å². The molecule has 0 fully saturated rings. The van der Waals surface area contributed by atoms with Gasteiger partial charge < -0.3 is 14.8 Å². The van der Waals surface area contributed by atoms with Crippen LogP contribution in [-0.4, -0.2) is 29.1 Å². The van der Waals surface area contributed by atoms with Crippen LogP contribution < -0.4 is 10.9 Å². The topological polar surface area (TPSA) is 54.3 Å². The van der Waals surface area contributed by atoms with E-state index in [1.807, 2.05) is 0 Å². The van der Waals surface area contributed by atoms with Gasteiger partial charge in [0.2, 0.25) is 0 Å². The molecule has 1 N–H and O–H groups in total. The third kappa shape index (κ3) is 5.17. The van der Waals surface area contributed by atoms with Gasteiger partial charge in [-0.05, 0) is 35.7 Å². The van der Waals surface area contributed by atoms with Crippen molar-refractivity contribution in [2.24, 2.45) is 5.92 Å². The Morgan fingerprint density at radius 2 is 1.96 bits per heavy atom. The van der Waals surface area contributed by atoms with Crippen LogP contribution in [0.1, 0.15) is 25.8 Å². The molecule has 5 nitrogen and oxygen atoms in total. The maximum absolute atomic E-state index is 13.0. The molecule has 1 aromatic carbocycles. The zero-order chi connectivity index (χ0) is 18.4. The summed E-state index contributed by atoms with van der Waals surface area (Å²) < 4.78 is 14.5. The molecule has 2 rings (SSSR count). The molecule has 25 heavy (non-hydrogen) atoms. The van der Waals surface area contributed by atoms with Crippen molar-refractivity contribution in [1.82, 2.24) is 9.47 Å². The molecule has 1 aromatic heterocycles. The number of urea groups is 1. The van der Waals surface area contributed by atoms with Crippen LogP contribution in [0.25, 0.3) is 0 Å². The minimum Gasteiger partial charge on any atom is -0.327 e. The van der Waals surface area contributed by atoms with Crippen LogP contribution in [0.15, 0.2) is 47.4 Å². The number of nitrogens with zero attached hydrogens (tertiary/aromatic N) is 2. The Bertz CT molecular complexity index is 771. The second kappa shape index (κ2) is 8.46. The number of anilines is 1. The van der Waals surface area contributed by atoms with Crippen molar-refractivity contribution in [2.75, 3.05) is 18.9 Å². The van der Waals surface area contributed by atoms with Crippen molar-refractivity contribution in [2.45, 2.75) is 26.8 Å². The number of amides is 2. The van der Waals surface area contributed by atoms with E-state index < -0.39 is 0 Å². The summed E-state index contributed by atoms with van der Waals surface area (Å²) in [7, 11) is 1.71. The first kappa shape index (κ1) is 18.7. The molecule has 0 radical (unpaired) electrons. The number of rotatable bonds is 6. The van der Waals surface area contributed by atoms with Crippen molar-refractivity contribution in [3.8, 4) is 0 Å². The van der Waals surface area contributed by atoms with E-state index >= 15 is 0 Å². The summed E-state index contributed by atoms with van der Waals surface area (Å²) in [6.45, 7) is 5.08. The summed E-state index contributed by atoms with van der Waals surface area (Å²) in [5, 5.41) is 2.67. The van der Waals surface area contributed by atoms with Crippen molar-refractivity contribution in [3.63, 3.8) is 0 Å². The molecule has 6 heteroatoms. The number of hydrogen-bond donors (Lipinski definition) is 1. The number of carbonyl (C=O) groups excluding carboxylic acids is 1. The van der Waals surface area contributed by atoms with Crippen molar-refractivity contribution >= 4 is 11.7 Å². The number of pyridine rings is 1. The fourth-order valence-electron chi connectivity index (χ4n) is 2.43. The van der Waals surface area contributed by atoms with E-state index in [0.717, 1.165) is 12.0 Å². The average molecular weight is 345 g/mol. The molecular weight excluding hydrogens is 321 g/mol. The van der Waals surface area contributed by atoms with Crippen molar-refractivity contribution in [3.05, 3.63) is 64.3 Å². The Hall–Kier alpha value is -2.63. The highest BCUT2D eigenvalue weighted by molar-refractivity contribution is 5.88. The van der Waals surface area contributed by atoms with Gasteiger partial charge in [0.1, 0.15) is 11.5 Å². The van der Waals surface area contributed by atoms with Gasteiger partial charge in [0.05, 0.1) is 6.54 Å².